The van der Waals surface area contributed by atoms with Crippen molar-refractivity contribution >= 4 is 0 Å². The van der Waals surface area contributed by atoms with Crippen molar-refractivity contribution in [2.24, 2.45) is 0 Å². The number of hydrogen-bond acceptors (Lipinski definition) is 6. The van der Waals surface area contributed by atoms with E-state index < -0.39 is 0 Å². The molecular formula is C14H18N4O2. The van der Waals surface area contributed by atoms with E-state index in [4.69, 9.17) is 4.52 Å². The lowest BCUT2D eigenvalue weighted by molar-refractivity contribution is 0.336. The van der Waals surface area contributed by atoms with Crippen LogP contribution in [0.2, 0.25) is 0 Å². The fourth-order valence-electron chi connectivity index (χ4n) is 2.38. The van der Waals surface area contributed by atoms with Crippen LogP contribution in [0.15, 0.2) is 28.8 Å². The van der Waals surface area contributed by atoms with E-state index in [-0.39, 0.29) is 17.8 Å². The molecule has 0 spiro atoms. The van der Waals surface area contributed by atoms with E-state index in [0.717, 1.165) is 30.7 Å². The van der Waals surface area contributed by atoms with Gasteiger partial charge in [0.1, 0.15) is 11.8 Å². The molecule has 6 heteroatoms. The van der Waals surface area contributed by atoms with Crippen LogP contribution in [0.3, 0.4) is 0 Å². The maximum absolute atomic E-state index is 9.31. The second-order valence-corrected chi connectivity index (χ2v) is 5.02. The summed E-state index contributed by atoms with van der Waals surface area (Å²) in [5.41, 5.74) is 7.52. The Morgan fingerprint density at radius 2 is 2.00 bits per heavy atom. The van der Waals surface area contributed by atoms with Crippen molar-refractivity contribution < 1.29 is 9.63 Å². The van der Waals surface area contributed by atoms with Crippen LogP contribution >= 0.6 is 0 Å². The van der Waals surface area contributed by atoms with Gasteiger partial charge in [0.15, 0.2) is 5.82 Å². The zero-order chi connectivity index (χ0) is 13.9. The standard InChI is InChI=1S/C14H18N4O2/c1-2-3-13-15-14(20-18-13)12-8-11(16-17-12)9-4-6-10(19)7-5-9/h4-7,11-12,16-17,19H,2-3,8H2,1H3. The van der Waals surface area contributed by atoms with Gasteiger partial charge in [-0.05, 0) is 30.5 Å². The minimum atomic E-state index is 0.0203. The van der Waals surface area contributed by atoms with Gasteiger partial charge in [0, 0.05) is 12.5 Å². The molecule has 20 heavy (non-hydrogen) atoms. The van der Waals surface area contributed by atoms with Crippen LogP contribution in [0, 0.1) is 0 Å². The highest BCUT2D eigenvalue weighted by Crippen LogP contribution is 2.30. The zero-order valence-corrected chi connectivity index (χ0v) is 11.3. The summed E-state index contributed by atoms with van der Waals surface area (Å²) in [5.74, 6) is 1.66. The summed E-state index contributed by atoms with van der Waals surface area (Å²) in [6.45, 7) is 2.09. The Hall–Kier alpha value is -1.92. The average Bonchev–Trinajstić information content (AvgIpc) is 3.08. The Labute approximate surface area is 117 Å². The SMILES string of the molecule is CCCc1noc(C2CC(c3ccc(O)cc3)NN2)n1. The number of rotatable bonds is 4. The molecule has 2 atom stereocenters. The number of benzene rings is 1. The third-order valence-electron chi connectivity index (χ3n) is 3.45. The highest BCUT2D eigenvalue weighted by Gasteiger charge is 2.30. The number of aromatic nitrogens is 2. The minimum Gasteiger partial charge on any atom is -0.508 e. The van der Waals surface area contributed by atoms with Gasteiger partial charge in [0.2, 0.25) is 5.89 Å². The van der Waals surface area contributed by atoms with Gasteiger partial charge in [-0.25, -0.2) is 10.9 Å². The van der Waals surface area contributed by atoms with E-state index >= 15 is 0 Å². The Balaban J connectivity index is 1.68. The molecule has 2 unspecified atom stereocenters. The lowest BCUT2D eigenvalue weighted by Gasteiger charge is -2.08. The quantitative estimate of drug-likeness (QED) is 0.791. The van der Waals surface area contributed by atoms with Crippen molar-refractivity contribution in [1.29, 1.82) is 0 Å². The highest BCUT2D eigenvalue weighted by molar-refractivity contribution is 5.28. The molecule has 2 aromatic rings. The molecule has 1 aromatic heterocycles. The van der Waals surface area contributed by atoms with Crippen molar-refractivity contribution in [2.75, 3.05) is 0 Å². The fourth-order valence-corrected chi connectivity index (χ4v) is 2.38. The number of phenols is 1. The lowest BCUT2D eigenvalue weighted by Crippen LogP contribution is -2.26. The summed E-state index contributed by atoms with van der Waals surface area (Å²) < 4.78 is 5.30. The van der Waals surface area contributed by atoms with E-state index in [2.05, 4.69) is 27.9 Å². The normalized spacial score (nSPS) is 22.2. The number of hydrazine groups is 1. The first kappa shape index (κ1) is 13.1. The van der Waals surface area contributed by atoms with Gasteiger partial charge < -0.3 is 9.63 Å². The van der Waals surface area contributed by atoms with Crippen LogP contribution in [0.5, 0.6) is 5.75 Å². The lowest BCUT2D eigenvalue weighted by atomic mass is 10.0. The summed E-state index contributed by atoms with van der Waals surface area (Å²) in [6.07, 6.45) is 2.68. The van der Waals surface area contributed by atoms with Gasteiger partial charge >= 0.3 is 0 Å². The molecular weight excluding hydrogens is 256 g/mol. The number of phenolic OH excluding ortho intramolecular Hbond substituents is 1. The Kier molecular flexibility index (Phi) is 3.66. The highest BCUT2D eigenvalue weighted by atomic mass is 16.5. The van der Waals surface area contributed by atoms with E-state index in [0.29, 0.717) is 5.89 Å². The molecule has 0 bridgehead atoms. The molecule has 3 rings (SSSR count). The summed E-state index contributed by atoms with van der Waals surface area (Å²) >= 11 is 0. The first-order valence-electron chi connectivity index (χ1n) is 6.88. The van der Waals surface area contributed by atoms with E-state index in [1.807, 2.05) is 12.1 Å². The van der Waals surface area contributed by atoms with E-state index in [9.17, 15) is 5.11 Å². The van der Waals surface area contributed by atoms with Crippen molar-refractivity contribution in [3.05, 3.63) is 41.5 Å². The van der Waals surface area contributed by atoms with Crippen molar-refractivity contribution in [3.63, 3.8) is 0 Å². The van der Waals surface area contributed by atoms with Gasteiger partial charge in [-0.2, -0.15) is 4.98 Å². The molecule has 0 saturated carbocycles. The first-order chi connectivity index (χ1) is 9.76. The monoisotopic (exact) mass is 274 g/mol. The molecule has 1 aliphatic rings. The summed E-state index contributed by atoms with van der Waals surface area (Å²) in [5, 5.41) is 13.3. The molecule has 1 saturated heterocycles. The number of aryl methyl sites for hydroxylation is 1. The summed E-state index contributed by atoms with van der Waals surface area (Å²) in [4.78, 5) is 4.40. The number of nitrogens with zero attached hydrogens (tertiary/aromatic N) is 2. The molecule has 0 radical (unpaired) electrons. The van der Waals surface area contributed by atoms with Crippen LogP contribution in [0.4, 0.5) is 0 Å². The summed E-state index contributed by atoms with van der Waals surface area (Å²) in [7, 11) is 0. The predicted molar refractivity (Wildman–Crippen MR) is 72.8 cm³/mol. The molecule has 1 aliphatic heterocycles. The van der Waals surface area contributed by atoms with Crippen molar-refractivity contribution in [2.45, 2.75) is 38.3 Å². The van der Waals surface area contributed by atoms with E-state index in [1.165, 1.54) is 0 Å². The first-order valence-corrected chi connectivity index (χ1v) is 6.88. The Bertz CT molecular complexity index is 567. The molecule has 1 aromatic carbocycles. The molecule has 0 amide bonds. The van der Waals surface area contributed by atoms with Gasteiger partial charge in [0.05, 0.1) is 0 Å². The molecule has 0 aliphatic carbocycles. The molecule has 106 valence electrons. The maximum Gasteiger partial charge on any atom is 0.245 e. The van der Waals surface area contributed by atoms with Gasteiger partial charge in [-0.1, -0.05) is 24.2 Å². The topological polar surface area (TPSA) is 83.2 Å². The molecule has 6 nitrogen and oxygen atoms in total. The molecule has 2 heterocycles. The van der Waals surface area contributed by atoms with Gasteiger partial charge in [0.25, 0.3) is 0 Å². The minimum absolute atomic E-state index is 0.0203. The Morgan fingerprint density at radius 3 is 2.75 bits per heavy atom. The number of aromatic hydroxyl groups is 1. The predicted octanol–water partition coefficient (Wildman–Crippen LogP) is 2.01. The van der Waals surface area contributed by atoms with Crippen LogP contribution < -0.4 is 10.9 Å². The maximum atomic E-state index is 9.31. The zero-order valence-electron chi connectivity index (χ0n) is 11.3. The van der Waals surface area contributed by atoms with Crippen LogP contribution in [-0.4, -0.2) is 15.2 Å². The summed E-state index contributed by atoms with van der Waals surface area (Å²) in [6, 6.07) is 7.39. The number of nitrogens with one attached hydrogen (secondary N) is 2. The smallest absolute Gasteiger partial charge is 0.245 e. The third-order valence-corrected chi connectivity index (χ3v) is 3.45. The van der Waals surface area contributed by atoms with Gasteiger partial charge in [-0.3, -0.25) is 0 Å². The fraction of sp³-hybridized carbons (Fsp3) is 0.429. The van der Waals surface area contributed by atoms with Crippen LogP contribution in [0.1, 0.15) is 49.1 Å². The molecule has 3 N–H and O–H groups in total. The van der Waals surface area contributed by atoms with Gasteiger partial charge in [-0.15, -0.1) is 0 Å². The van der Waals surface area contributed by atoms with Crippen molar-refractivity contribution in [1.82, 2.24) is 21.0 Å². The van der Waals surface area contributed by atoms with Crippen LogP contribution in [-0.2, 0) is 6.42 Å². The Morgan fingerprint density at radius 1 is 1.25 bits per heavy atom. The second-order valence-electron chi connectivity index (χ2n) is 5.02. The molecule has 1 fully saturated rings. The van der Waals surface area contributed by atoms with E-state index in [1.54, 1.807) is 12.1 Å². The van der Waals surface area contributed by atoms with Crippen molar-refractivity contribution in [3.8, 4) is 5.75 Å². The largest absolute Gasteiger partial charge is 0.508 e. The second kappa shape index (κ2) is 5.60. The van der Waals surface area contributed by atoms with Crippen LogP contribution in [0.25, 0.3) is 0 Å². The third kappa shape index (κ3) is 2.66. The number of hydrogen-bond donors (Lipinski definition) is 3. The average molecular weight is 274 g/mol.